The van der Waals surface area contributed by atoms with E-state index in [9.17, 15) is 4.79 Å². The average molecular weight is 234 g/mol. The third-order valence-corrected chi connectivity index (χ3v) is 3.80. The van der Waals surface area contributed by atoms with Crippen LogP contribution < -0.4 is 5.48 Å². The van der Waals surface area contributed by atoms with Crippen molar-refractivity contribution in [3.05, 3.63) is 34.1 Å². The van der Waals surface area contributed by atoms with E-state index in [0.717, 1.165) is 34.0 Å². The predicted molar refractivity (Wildman–Crippen MR) is 60.7 cm³/mol. The summed E-state index contributed by atoms with van der Waals surface area (Å²) >= 11 is 1.47. The number of rotatable bonds is 1. The van der Waals surface area contributed by atoms with Crippen LogP contribution in [0.1, 0.15) is 33.2 Å². The summed E-state index contributed by atoms with van der Waals surface area (Å²) in [6, 6.07) is 0. The van der Waals surface area contributed by atoms with E-state index in [-0.39, 0.29) is 5.78 Å². The maximum absolute atomic E-state index is 11.7. The molecule has 16 heavy (non-hydrogen) atoms. The molecule has 0 amide bonds. The number of carbonyl (C=O) groups excluding carboxylic acids is 1. The molecule has 1 aliphatic heterocycles. The number of aryl methyl sites for hydroxylation is 1. The molecular weight excluding hydrogens is 224 g/mol. The van der Waals surface area contributed by atoms with Crippen molar-refractivity contribution in [2.45, 2.75) is 19.3 Å². The summed E-state index contributed by atoms with van der Waals surface area (Å²) in [4.78, 5) is 21.9. The minimum absolute atomic E-state index is 0.231. The van der Waals surface area contributed by atoms with Gasteiger partial charge in [-0.3, -0.25) is 4.79 Å². The van der Waals surface area contributed by atoms with Crippen LogP contribution >= 0.6 is 11.3 Å². The maximum atomic E-state index is 11.7. The molecule has 2 aliphatic rings. The van der Waals surface area contributed by atoms with Crippen molar-refractivity contribution >= 4 is 22.7 Å². The Hall–Kier alpha value is -1.62. The summed E-state index contributed by atoms with van der Waals surface area (Å²) in [5.74, 6) is 0.231. The van der Waals surface area contributed by atoms with Gasteiger partial charge in [0.1, 0.15) is 11.3 Å². The van der Waals surface area contributed by atoms with Crippen LogP contribution in [0.25, 0.3) is 5.57 Å². The molecule has 4 nitrogen and oxygen atoms in total. The number of ketones is 1. The molecule has 3 rings (SSSR count). The van der Waals surface area contributed by atoms with Crippen molar-refractivity contribution in [1.82, 2.24) is 10.5 Å². The van der Waals surface area contributed by atoms with E-state index in [1.165, 1.54) is 11.3 Å². The molecule has 0 fully saturated rings. The van der Waals surface area contributed by atoms with E-state index < -0.39 is 0 Å². The van der Waals surface area contributed by atoms with Gasteiger partial charge in [0.15, 0.2) is 5.78 Å². The normalized spacial score (nSPS) is 18.5. The number of aromatic nitrogens is 1. The molecule has 0 radical (unpaired) electrons. The standard InChI is InChI=1S/C11H10N2O2S/c14-9-3-1-2-8-10(9)16-11(13-8)7-4-5-15-12-6-7/h4-6,12H,1-3H2. The van der Waals surface area contributed by atoms with Crippen molar-refractivity contribution in [2.24, 2.45) is 0 Å². The summed E-state index contributed by atoms with van der Waals surface area (Å²) in [6.45, 7) is 0. The third-order valence-electron chi connectivity index (χ3n) is 2.61. The Bertz CT molecular complexity index is 502. The summed E-state index contributed by atoms with van der Waals surface area (Å²) < 4.78 is 0. The molecule has 0 aromatic carbocycles. The van der Waals surface area contributed by atoms with Gasteiger partial charge in [-0.2, -0.15) is 0 Å². The molecule has 1 aliphatic carbocycles. The average Bonchev–Trinajstić information content (AvgIpc) is 2.76. The van der Waals surface area contributed by atoms with E-state index in [4.69, 9.17) is 4.84 Å². The Balaban J connectivity index is 2.01. The zero-order chi connectivity index (χ0) is 11.0. The van der Waals surface area contributed by atoms with Crippen molar-refractivity contribution in [3.8, 4) is 0 Å². The fourth-order valence-electron chi connectivity index (χ4n) is 1.82. The molecular formula is C11H10N2O2S. The monoisotopic (exact) mass is 234 g/mol. The second-order valence-corrected chi connectivity index (χ2v) is 4.71. The lowest BCUT2D eigenvalue weighted by atomic mass is 10.0. The number of hydrogen-bond donors (Lipinski definition) is 1. The van der Waals surface area contributed by atoms with Crippen LogP contribution in [0.3, 0.4) is 0 Å². The highest BCUT2D eigenvalue weighted by Crippen LogP contribution is 2.30. The maximum Gasteiger partial charge on any atom is 0.174 e. The fourth-order valence-corrected chi connectivity index (χ4v) is 2.89. The quantitative estimate of drug-likeness (QED) is 0.808. The fraction of sp³-hybridized carbons (Fsp3) is 0.273. The summed E-state index contributed by atoms with van der Waals surface area (Å²) in [5.41, 5.74) is 4.57. The number of hydroxylamine groups is 1. The van der Waals surface area contributed by atoms with Crippen LogP contribution in [-0.4, -0.2) is 10.8 Å². The zero-order valence-electron chi connectivity index (χ0n) is 8.53. The van der Waals surface area contributed by atoms with Gasteiger partial charge in [0.25, 0.3) is 0 Å². The minimum Gasteiger partial charge on any atom is -0.391 e. The van der Waals surface area contributed by atoms with Crippen LogP contribution in [0.2, 0.25) is 0 Å². The molecule has 82 valence electrons. The van der Waals surface area contributed by atoms with Gasteiger partial charge >= 0.3 is 0 Å². The highest BCUT2D eigenvalue weighted by molar-refractivity contribution is 7.15. The Morgan fingerprint density at radius 3 is 3.12 bits per heavy atom. The second kappa shape index (κ2) is 3.75. The van der Waals surface area contributed by atoms with E-state index in [1.807, 2.05) is 6.08 Å². The SMILES string of the molecule is O=C1CCCc2nc(C3=CNOC=C3)sc21. The third kappa shape index (κ3) is 1.53. The number of allylic oxidation sites excluding steroid dienone is 2. The van der Waals surface area contributed by atoms with Crippen molar-refractivity contribution in [3.63, 3.8) is 0 Å². The number of carbonyl (C=O) groups is 1. The van der Waals surface area contributed by atoms with Crippen molar-refractivity contribution in [2.75, 3.05) is 0 Å². The molecule has 0 unspecified atom stereocenters. The summed E-state index contributed by atoms with van der Waals surface area (Å²) in [5, 5.41) is 0.882. The summed E-state index contributed by atoms with van der Waals surface area (Å²) in [7, 11) is 0. The minimum atomic E-state index is 0.231. The predicted octanol–water partition coefficient (Wildman–Crippen LogP) is 2.05. The topological polar surface area (TPSA) is 51.2 Å². The number of Topliss-reactive ketones (excluding diaryl/α,β-unsaturated/α-hetero) is 1. The van der Waals surface area contributed by atoms with Crippen LogP contribution in [-0.2, 0) is 11.3 Å². The van der Waals surface area contributed by atoms with Crippen LogP contribution in [0.15, 0.2) is 18.5 Å². The van der Waals surface area contributed by atoms with Crippen LogP contribution in [0, 0.1) is 0 Å². The number of thiazole rings is 1. The largest absolute Gasteiger partial charge is 0.391 e. The van der Waals surface area contributed by atoms with Gasteiger partial charge in [-0.1, -0.05) is 0 Å². The Morgan fingerprint density at radius 2 is 2.38 bits per heavy atom. The summed E-state index contributed by atoms with van der Waals surface area (Å²) in [6.07, 6.45) is 7.65. The van der Waals surface area contributed by atoms with Gasteiger partial charge in [-0.25, -0.2) is 10.5 Å². The molecule has 1 N–H and O–H groups in total. The zero-order valence-corrected chi connectivity index (χ0v) is 9.34. The number of fused-ring (bicyclic) bond motifs is 1. The molecule has 1 aromatic heterocycles. The first-order valence-corrected chi connectivity index (χ1v) is 5.97. The molecule has 0 bridgehead atoms. The Kier molecular flexibility index (Phi) is 2.25. The lowest BCUT2D eigenvalue weighted by Crippen LogP contribution is -2.07. The lowest BCUT2D eigenvalue weighted by molar-refractivity contribution is 0.0976. The molecule has 0 saturated heterocycles. The highest BCUT2D eigenvalue weighted by Gasteiger charge is 2.23. The molecule has 0 spiro atoms. The Labute approximate surface area is 96.6 Å². The first-order chi connectivity index (χ1) is 7.84. The van der Waals surface area contributed by atoms with Crippen LogP contribution in [0.5, 0.6) is 0 Å². The highest BCUT2D eigenvalue weighted by atomic mass is 32.1. The molecule has 2 heterocycles. The van der Waals surface area contributed by atoms with E-state index in [1.54, 1.807) is 12.5 Å². The number of hydrogen-bond acceptors (Lipinski definition) is 5. The smallest absolute Gasteiger partial charge is 0.174 e. The number of nitrogens with one attached hydrogen (secondary N) is 1. The molecule has 5 heteroatoms. The van der Waals surface area contributed by atoms with E-state index in [2.05, 4.69) is 10.5 Å². The van der Waals surface area contributed by atoms with Gasteiger partial charge in [-0.15, -0.1) is 11.3 Å². The molecule has 1 aromatic rings. The molecule has 0 atom stereocenters. The first kappa shape index (κ1) is 9.59. The van der Waals surface area contributed by atoms with Gasteiger partial charge in [0, 0.05) is 18.2 Å². The van der Waals surface area contributed by atoms with Crippen molar-refractivity contribution < 1.29 is 9.63 Å². The van der Waals surface area contributed by atoms with E-state index >= 15 is 0 Å². The van der Waals surface area contributed by atoms with Crippen molar-refractivity contribution in [1.29, 1.82) is 0 Å². The van der Waals surface area contributed by atoms with Gasteiger partial charge < -0.3 is 4.84 Å². The Morgan fingerprint density at radius 1 is 1.44 bits per heavy atom. The van der Waals surface area contributed by atoms with Gasteiger partial charge in [-0.05, 0) is 18.9 Å². The molecule has 0 saturated carbocycles. The van der Waals surface area contributed by atoms with E-state index in [0.29, 0.717) is 6.42 Å². The van der Waals surface area contributed by atoms with Crippen LogP contribution in [0.4, 0.5) is 0 Å². The lowest BCUT2D eigenvalue weighted by Gasteiger charge is -2.06. The second-order valence-electron chi connectivity index (χ2n) is 3.71. The van der Waals surface area contributed by atoms with Gasteiger partial charge in [0.05, 0.1) is 10.6 Å². The first-order valence-electron chi connectivity index (χ1n) is 5.16. The number of nitrogens with zero attached hydrogens (tertiary/aromatic N) is 1. The van der Waals surface area contributed by atoms with Gasteiger partial charge in [0.2, 0.25) is 0 Å².